The first-order valence-electron chi connectivity index (χ1n) is 13.7. The molecule has 1 aromatic heterocycles. The Morgan fingerprint density at radius 3 is 1.42 bits per heavy atom. The number of aromatic nitrogens is 1. The molecule has 2 nitrogen and oxygen atoms in total. The maximum Gasteiger partial charge on any atom is 0.168 e. The van der Waals surface area contributed by atoms with Gasteiger partial charge >= 0.3 is 0 Å². The molecule has 0 unspecified atom stereocenters. The highest BCUT2D eigenvalue weighted by atomic mass is 16.5. The lowest BCUT2D eigenvalue weighted by Crippen LogP contribution is -2.32. The molecule has 4 aromatic carbocycles. The van der Waals surface area contributed by atoms with Gasteiger partial charge in [-0.2, -0.15) is 0 Å². The lowest BCUT2D eigenvalue weighted by molar-refractivity contribution is -0.697. The van der Waals surface area contributed by atoms with Crippen molar-refractivity contribution in [3.05, 3.63) is 168 Å². The third kappa shape index (κ3) is 5.86. The second-order valence-electron chi connectivity index (χ2n) is 9.75. The Hall–Kier alpha value is -4.17. The highest BCUT2D eigenvalue weighted by Crippen LogP contribution is 2.45. The van der Waals surface area contributed by atoms with E-state index in [1.165, 1.54) is 41.5 Å². The number of pyridine rings is 1. The first kappa shape index (κ1) is 25.5. The summed E-state index contributed by atoms with van der Waals surface area (Å²) in [6.07, 6.45) is 8.94. The summed E-state index contributed by atoms with van der Waals surface area (Å²) in [5.41, 5.74) is 4.56. The Morgan fingerprint density at radius 2 is 0.895 bits per heavy atom. The van der Waals surface area contributed by atoms with Gasteiger partial charge in [0.05, 0.1) is 12.0 Å². The maximum atomic E-state index is 6.15. The molecule has 0 radical (unpaired) electrons. The van der Waals surface area contributed by atoms with Crippen LogP contribution in [0.1, 0.15) is 47.9 Å². The monoisotopic (exact) mass is 498 g/mol. The Bertz CT molecular complexity index is 1250. The second-order valence-corrected chi connectivity index (χ2v) is 9.75. The zero-order valence-corrected chi connectivity index (χ0v) is 22.0. The minimum absolute atomic E-state index is 0.418. The molecule has 1 heterocycles. The first-order chi connectivity index (χ1) is 18.9. The van der Waals surface area contributed by atoms with E-state index in [0.717, 1.165) is 25.3 Å². The van der Waals surface area contributed by atoms with Crippen LogP contribution in [-0.2, 0) is 12.0 Å². The minimum atomic E-state index is -0.418. The van der Waals surface area contributed by atoms with Crippen LogP contribution in [0.3, 0.4) is 0 Å². The van der Waals surface area contributed by atoms with Gasteiger partial charge in [0.2, 0.25) is 0 Å². The molecule has 0 atom stereocenters. The predicted octanol–water partition coefficient (Wildman–Crippen LogP) is 8.00. The van der Waals surface area contributed by atoms with Crippen molar-refractivity contribution in [1.82, 2.24) is 0 Å². The number of unbranched alkanes of at least 4 members (excludes halogenated alkanes) is 3. The predicted molar refractivity (Wildman–Crippen MR) is 155 cm³/mol. The van der Waals surface area contributed by atoms with E-state index in [4.69, 9.17) is 4.74 Å². The van der Waals surface area contributed by atoms with Crippen molar-refractivity contribution in [2.75, 3.05) is 6.61 Å². The number of rotatable bonds is 12. The highest BCUT2D eigenvalue weighted by Gasteiger charge is 2.38. The third-order valence-electron chi connectivity index (χ3n) is 7.26. The van der Waals surface area contributed by atoms with Crippen LogP contribution in [0, 0.1) is 0 Å². The standard InChI is InChI=1S/C36H36NO/c1(13-27-37-28-14-6-15-29-37)2-16-30-38-35-25-23-34(24-26-35)36(31-17-7-3-8-18-31,32-19-9-4-10-20-32)33-21-11-5-12-22-33/h3-12,14-15,17-26,28-29H,1-2,13,16,27,30H2/q+1. The van der Waals surface area contributed by atoms with Gasteiger partial charge < -0.3 is 4.74 Å². The van der Waals surface area contributed by atoms with Crippen LogP contribution < -0.4 is 9.30 Å². The van der Waals surface area contributed by atoms with Crippen LogP contribution in [-0.4, -0.2) is 6.61 Å². The summed E-state index contributed by atoms with van der Waals surface area (Å²) in [6, 6.07) is 47.4. The maximum absolute atomic E-state index is 6.15. The highest BCUT2D eigenvalue weighted by molar-refractivity contribution is 5.60. The minimum Gasteiger partial charge on any atom is -0.494 e. The molecule has 5 rings (SSSR count). The van der Waals surface area contributed by atoms with Gasteiger partial charge in [0.25, 0.3) is 0 Å². The second kappa shape index (κ2) is 12.9. The van der Waals surface area contributed by atoms with Gasteiger partial charge in [-0.1, -0.05) is 109 Å². The molecule has 0 saturated carbocycles. The topological polar surface area (TPSA) is 13.1 Å². The Labute approximate surface area is 227 Å². The van der Waals surface area contributed by atoms with E-state index >= 15 is 0 Å². The number of nitrogens with zero attached hydrogens (tertiary/aromatic N) is 1. The van der Waals surface area contributed by atoms with E-state index in [1.54, 1.807) is 0 Å². The van der Waals surface area contributed by atoms with Crippen LogP contribution in [0.25, 0.3) is 0 Å². The average molecular weight is 499 g/mol. The fraction of sp³-hybridized carbons (Fsp3) is 0.194. The molecule has 38 heavy (non-hydrogen) atoms. The quantitative estimate of drug-likeness (QED) is 0.0965. The van der Waals surface area contributed by atoms with Crippen LogP contribution in [0.4, 0.5) is 0 Å². The van der Waals surface area contributed by atoms with Crippen LogP contribution in [0.2, 0.25) is 0 Å². The molecule has 2 heteroatoms. The summed E-state index contributed by atoms with van der Waals surface area (Å²) < 4.78 is 8.40. The molecule has 0 N–H and O–H groups in total. The largest absolute Gasteiger partial charge is 0.494 e. The summed E-state index contributed by atoms with van der Waals surface area (Å²) in [4.78, 5) is 0. The number of aryl methyl sites for hydroxylation is 1. The lowest BCUT2D eigenvalue weighted by Gasteiger charge is -2.36. The van der Waals surface area contributed by atoms with Gasteiger partial charge in [0.1, 0.15) is 12.3 Å². The van der Waals surface area contributed by atoms with Gasteiger partial charge in [-0.05, 0) is 53.6 Å². The number of hydrogen-bond acceptors (Lipinski definition) is 1. The summed E-state index contributed by atoms with van der Waals surface area (Å²) in [6.45, 7) is 1.83. The third-order valence-corrected chi connectivity index (χ3v) is 7.26. The van der Waals surface area contributed by atoms with Crippen molar-refractivity contribution in [2.24, 2.45) is 0 Å². The zero-order valence-electron chi connectivity index (χ0n) is 22.0. The zero-order chi connectivity index (χ0) is 25.9. The normalized spacial score (nSPS) is 11.3. The van der Waals surface area contributed by atoms with Gasteiger partial charge in [0.15, 0.2) is 12.4 Å². The van der Waals surface area contributed by atoms with E-state index in [1.807, 2.05) is 0 Å². The van der Waals surface area contributed by atoms with Crippen molar-refractivity contribution >= 4 is 0 Å². The molecule has 0 aliphatic carbocycles. The Balaban J connectivity index is 1.31. The molecule has 0 fully saturated rings. The lowest BCUT2D eigenvalue weighted by atomic mass is 9.65. The average Bonchev–Trinajstić information content (AvgIpc) is 3.00. The van der Waals surface area contributed by atoms with Crippen molar-refractivity contribution in [1.29, 1.82) is 0 Å². The Morgan fingerprint density at radius 1 is 0.447 bits per heavy atom. The van der Waals surface area contributed by atoms with Crippen LogP contribution in [0.15, 0.2) is 146 Å². The summed E-state index contributed by atoms with van der Waals surface area (Å²) >= 11 is 0. The molecule has 0 amide bonds. The van der Waals surface area contributed by atoms with Crippen molar-refractivity contribution in [2.45, 2.75) is 37.6 Å². The van der Waals surface area contributed by atoms with E-state index in [2.05, 4.69) is 150 Å². The number of ether oxygens (including phenoxy) is 1. The molecule has 0 spiro atoms. The van der Waals surface area contributed by atoms with Gasteiger partial charge in [-0.15, -0.1) is 0 Å². The van der Waals surface area contributed by atoms with Crippen molar-refractivity contribution in [3.8, 4) is 5.75 Å². The molecular formula is C36H36NO+. The molecule has 0 aliphatic heterocycles. The molecule has 0 saturated heterocycles. The van der Waals surface area contributed by atoms with E-state index in [9.17, 15) is 0 Å². The molecule has 190 valence electrons. The molecule has 0 bridgehead atoms. The first-order valence-corrected chi connectivity index (χ1v) is 13.7. The number of benzene rings is 4. The van der Waals surface area contributed by atoms with E-state index in [-0.39, 0.29) is 0 Å². The van der Waals surface area contributed by atoms with E-state index < -0.39 is 5.41 Å². The van der Waals surface area contributed by atoms with E-state index in [0.29, 0.717) is 0 Å². The summed E-state index contributed by atoms with van der Waals surface area (Å²) in [5, 5.41) is 0. The Kier molecular flexibility index (Phi) is 8.63. The summed E-state index contributed by atoms with van der Waals surface area (Å²) in [5.74, 6) is 0.927. The SMILES string of the molecule is c1ccc(C(c2ccccc2)(c2ccccc2)c2ccc(OCCCCCC[n+]3ccccc3)cc2)cc1. The fourth-order valence-electron chi connectivity index (χ4n) is 5.39. The van der Waals surface area contributed by atoms with Gasteiger partial charge in [0, 0.05) is 18.6 Å². The van der Waals surface area contributed by atoms with Crippen LogP contribution in [0.5, 0.6) is 5.75 Å². The van der Waals surface area contributed by atoms with Gasteiger partial charge in [-0.3, -0.25) is 0 Å². The van der Waals surface area contributed by atoms with Crippen molar-refractivity contribution < 1.29 is 9.30 Å². The molecule has 5 aromatic rings. The number of hydrogen-bond donors (Lipinski definition) is 0. The van der Waals surface area contributed by atoms with Gasteiger partial charge in [-0.25, -0.2) is 4.57 Å². The molecule has 0 aliphatic rings. The van der Waals surface area contributed by atoms with Crippen molar-refractivity contribution in [3.63, 3.8) is 0 Å². The summed E-state index contributed by atoms with van der Waals surface area (Å²) in [7, 11) is 0. The molecular weight excluding hydrogens is 462 g/mol. The fourth-order valence-corrected chi connectivity index (χ4v) is 5.39. The smallest absolute Gasteiger partial charge is 0.168 e. The van der Waals surface area contributed by atoms with Crippen LogP contribution >= 0.6 is 0 Å².